The normalized spacial score (nSPS) is 41.5. The molecule has 2 amide bonds. The van der Waals surface area contributed by atoms with Crippen LogP contribution in [-0.4, -0.2) is 93.5 Å². The highest BCUT2D eigenvalue weighted by atomic mass is 32.2. The van der Waals surface area contributed by atoms with Crippen molar-refractivity contribution in [3.8, 4) is 0 Å². The molecular weight excluding hydrogens is 420 g/mol. The molecule has 5 aliphatic heterocycles. The molecule has 0 saturated carbocycles. The van der Waals surface area contributed by atoms with Crippen molar-refractivity contribution in [3.63, 3.8) is 0 Å². The van der Waals surface area contributed by atoms with Crippen LogP contribution in [0.4, 0.5) is 0 Å². The van der Waals surface area contributed by atoms with E-state index in [4.69, 9.17) is 4.74 Å². The number of amides is 2. The molecule has 31 heavy (non-hydrogen) atoms. The fourth-order valence-electron chi connectivity index (χ4n) is 5.43. The summed E-state index contributed by atoms with van der Waals surface area (Å²) in [5.41, 5.74) is -0.360. The minimum absolute atomic E-state index is 0.0217. The third-order valence-electron chi connectivity index (χ3n) is 6.99. The van der Waals surface area contributed by atoms with Gasteiger partial charge in [0.05, 0.1) is 41.7 Å². The number of carbonyl (C=O) groups is 2. The first-order valence-corrected chi connectivity index (χ1v) is 12.9. The van der Waals surface area contributed by atoms with E-state index in [2.05, 4.69) is 33.1 Å². The van der Waals surface area contributed by atoms with Gasteiger partial charge in [0.1, 0.15) is 18.3 Å². The van der Waals surface area contributed by atoms with Gasteiger partial charge >= 0.3 is 0 Å². The Kier molecular flexibility index (Phi) is 6.15. The highest BCUT2D eigenvalue weighted by Crippen LogP contribution is 2.33. The van der Waals surface area contributed by atoms with Gasteiger partial charge in [-0.3, -0.25) is 34.8 Å². The van der Waals surface area contributed by atoms with Crippen LogP contribution in [0.5, 0.6) is 0 Å². The van der Waals surface area contributed by atoms with Crippen molar-refractivity contribution in [1.29, 1.82) is 0 Å². The number of rotatable bonds is 1. The number of hydrazine groups is 1. The van der Waals surface area contributed by atoms with Crippen LogP contribution in [-0.2, 0) is 25.1 Å². The van der Waals surface area contributed by atoms with Gasteiger partial charge in [-0.25, -0.2) is 0 Å². The minimum Gasteiger partial charge on any atom is -0.365 e. The topological polar surface area (TPSA) is 106 Å². The van der Waals surface area contributed by atoms with E-state index in [0.717, 1.165) is 32.1 Å². The molecule has 4 fully saturated rings. The Morgan fingerprint density at radius 1 is 1.13 bits per heavy atom. The Bertz CT molecular complexity index is 781. The Morgan fingerprint density at radius 3 is 2.84 bits per heavy atom. The number of morpholine rings is 1. The summed E-state index contributed by atoms with van der Waals surface area (Å²) in [5.74, 6) is -0.156. The van der Waals surface area contributed by atoms with Gasteiger partial charge < -0.3 is 9.64 Å². The molecule has 0 aromatic carbocycles. The van der Waals surface area contributed by atoms with Crippen LogP contribution in [0.15, 0.2) is 12.2 Å². The van der Waals surface area contributed by atoms with E-state index in [9.17, 15) is 13.8 Å². The largest absolute Gasteiger partial charge is 0.365 e. The standard InChI is InChI=1S/C20H32N6O4S/c1-31(29)20-21-11-13-17(23-20)26-15-8-7-14-18(22-15)24(16(27)12-30-14)9-5-3-2-4-6-10-25(26)19(13)28/h4,6,13-15,17-18,20-23H,2-3,5,7-12H2,1H3/b6-4+. The molecule has 5 rings (SSSR count). The number of carbonyl (C=O) groups excluding carboxylic acids is 2. The summed E-state index contributed by atoms with van der Waals surface area (Å²) in [5, 5.41) is 14.2. The molecular formula is C20H32N6O4S. The first-order valence-electron chi connectivity index (χ1n) is 11.3. The summed E-state index contributed by atoms with van der Waals surface area (Å²) in [4.78, 5) is 27.9. The predicted molar refractivity (Wildman–Crippen MR) is 114 cm³/mol. The smallest absolute Gasteiger partial charge is 0.249 e. The SMILES string of the molecule is CS(=O)C1NCC2C(=O)N3C/C=C/CCCCN4C(=O)COC5CCC(NC54)N3C2N1. The molecule has 5 aliphatic rings. The highest BCUT2D eigenvalue weighted by Gasteiger charge is 2.53. The summed E-state index contributed by atoms with van der Waals surface area (Å²) in [6.45, 7) is 1.86. The van der Waals surface area contributed by atoms with Crippen molar-refractivity contribution in [1.82, 2.24) is 30.9 Å². The number of nitrogens with zero attached hydrogens (tertiary/aromatic N) is 3. The third kappa shape index (κ3) is 3.96. The zero-order valence-corrected chi connectivity index (χ0v) is 18.7. The van der Waals surface area contributed by atoms with Gasteiger partial charge in [-0.1, -0.05) is 12.2 Å². The van der Waals surface area contributed by atoms with E-state index in [-0.39, 0.29) is 54.4 Å². The van der Waals surface area contributed by atoms with Gasteiger partial charge in [0.2, 0.25) is 11.8 Å². The lowest BCUT2D eigenvalue weighted by Crippen LogP contribution is -2.71. The highest BCUT2D eigenvalue weighted by molar-refractivity contribution is 7.84. The van der Waals surface area contributed by atoms with E-state index in [1.165, 1.54) is 0 Å². The molecule has 0 spiro atoms. The molecule has 4 saturated heterocycles. The van der Waals surface area contributed by atoms with E-state index in [1.807, 2.05) is 9.91 Å². The van der Waals surface area contributed by atoms with Crippen molar-refractivity contribution in [2.75, 3.05) is 32.5 Å². The van der Waals surface area contributed by atoms with Crippen molar-refractivity contribution >= 4 is 22.6 Å². The maximum atomic E-state index is 13.3. The monoisotopic (exact) mass is 452 g/mol. The van der Waals surface area contributed by atoms with Gasteiger partial charge in [0.25, 0.3) is 0 Å². The molecule has 11 heteroatoms. The second-order valence-corrected chi connectivity index (χ2v) is 10.4. The summed E-state index contributed by atoms with van der Waals surface area (Å²) in [7, 11) is -1.11. The first-order chi connectivity index (χ1) is 15.0. The summed E-state index contributed by atoms with van der Waals surface area (Å²) in [6, 6.07) is 0. The molecule has 0 radical (unpaired) electrons. The van der Waals surface area contributed by atoms with Crippen LogP contribution in [0.2, 0.25) is 0 Å². The molecule has 2 bridgehead atoms. The predicted octanol–water partition coefficient (Wildman–Crippen LogP) is -1.15. The molecule has 3 N–H and O–H groups in total. The zero-order valence-electron chi connectivity index (χ0n) is 17.9. The van der Waals surface area contributed by atoms with Crippen LogP contribution in [0.25, 0.3) is 0 Å². The minimum atomic E-state index is -1.11. The quantitative estimate of drug-likeness (QED) is 0.428. The van der Waals surface area contributed by atoms with Crippen molar-refractivity contribution in [2.45, 2.75) is 62.2 Å². The number of nitrogens with one attached hydrogen (secondary N) is 3. The number of ether oxygens (including phenoxy) is 1. The Morgan fingerprint density at radius 2 is 2.00 bits per heavy atom. The molecule has 5 heterocycles. The number of piperidine rings is 1. The van der Waals surface area contributed by atoms with Crippen LogP contribution < -0.4 is 16.0 Å². The Hall–Kier alpha value is -1.37. The van der Waals surface area contributed by atoms with E-state index in [1.54, 1.807) is 6.26 Å². The van der Waals surface area contributed by atoms with Gasteiger partial charge in [-0.2, -0.15) is 5.01 Å². The zero-order chi connectivity index (χ0) is 21.5. The lowest BCUT2D eigenvalue weighted by molar-refractivity contribution is -0.176. The first kappa shape index (κ1) is 21.5. The summed E-state index contributed by atoms with van der Waals surface area (Å²) >= 11 is 0. The summed E-state index contributed by atoms with van der Waals surface area (Å²) < 4.78 is 18.0. The molecule has 7 atom stereocenters. The molecule has 172 valence electrons. The van der Waals surface area contributed by atoms with Gasteiger partial charge in [0, 0.05) is 19.3 Å². The lowest BCUT2D eigenvalue weighted by atomic mass is 9.99. The van der Waals surface area contributed by atoms with E-state index < -0.39 is 10.8 Å². The third-order valence-corrected chi connectivity index (χ3v) is 7.96. The summed E-state index contributed by atoms with van der Waals surface area (Å²) in [6.07, 6.45) is 9.75. The van der Waals surface area contributed by atoms with Crippen molar-refractivity contribution < 1.29 is 18.5 Å². The number of hydrogen-bond donors (Lipinski definition) is 3. The number of fused-ring (bicyclic) bond motifs is 5. The number of allylic oxidation sites excluding steroid dienone is 1. The van der Waals surface area contributed by atoms with Crippen LogP contribution in [0.3, 0.4) is 0 Å². The van der Waals surface area contributed by atoms with E-state index >= 15 is 0 Å². The fraction of sp³-hybridized carbons (Fsp3) is 0.800. The molecule has 0 aromatic rings. The van der Waals surface area contributed by atoms with E-state index in [0.29, 0.717) is 19.6 Å². The van der Waals surface area contributed by atoms with Gasteiger partial charge in [0.15, 0.2) is 0 Å². The van der Waals surface area contributed by atoms with Crippen LogP contribution in [0.1, 0.15) is 32.1 Å². The molecule has 0 aromatic heterocycles. The number of hydrogen-bond acceptors (Lipinski definition) is 8. The van der Waals surface area contributed by atoms with Crippen molar-refractivity contribution in [3.05, 3.63) is 12.2 Å². The maximum Gasteiger partial charge on any atom is 0.249 e. The molecule has 10 nitrogen and oxygen atoms in total. The van der Waals surface area contributed by atoms with Gasteiger partial charge in [-0.05, 0) is 32.1 Å². The molecule has 0 aliphatic carbocycles. The van der Waals surface area contributed by atoms with Crippen LogP contribution in [0, 0.1) is 5.92 Å². The van der Waals surface area contributed by atoms with Gasteiger partial charge in [-0.15, -0.1) is 0 Å². The average Bonchev–Trinajstić information content (AvgIpc) is 3.05. The van der Waals surface area contributed by atoms with Crippen molar-refractivity contribution in [2.24, 2.45) is 5.92 Å². The fourth-order valence-corrected chi connectivity index (χ4v) is 6.09. The average molecular weight is 453 g/mol. The van der Waals surface area contributed by atoms with Crippen LogP contribution >= 0.6 is 0 Å². The second-order valence-electron chi connectivity index (χ2n) is 8.91. The Balaban J connectivity index is 1.47. The second kappa shape index (κ2) is 8.87. The lowest BCUT2D eigenvalue weighted by Gasteiger charge is -2.50. The molecule has 7 unspecified atom stereocenters. The Labute approximate surface area is 185 Å². The maximum absolute atomic E-state index is 13.3.